The Hall–Kier alpha value is -2.62. The predicted molar refractivity (Wildman–Crippen MR) is 74.8 cm³/mol. The van der Waals surface area contributed by atoms with Crippen LogP contribution in [0.5, 0.6) is 0 Å². The second kappa shape index (κ2) is 6.35. The first-order valence-electron chi connectivity index (χ1n) is 5.87. The van der Waals surface area contributed by atoms with E-state index in [0.29, 0.717) is 11.3 Å². The SMILES string of the molecule is CC(C=Cc1ccco1)=NNC(=O)c1ccccc1. The molecule has 0 aliphatic heterocycles. The van der Waals surface area contributed by atoms with Gasteiger partial charge in [-0.25, -0.2) is 5.43 Å². The van der Waals surface area contributed by atoms with Crippen LogP contribution in [0.15, 0.2) is 64.3 Å². The van der Waals surface area contributed by atoms with Gasteiger partial charge in [0, 0.05) is 5.56 Å². The molecule has 0 unspecified atom stereocenters. The Morgan fingerprint density at radius 3 is 2.68 bits per heavy atom. The van der Waals surface area contributed by atoms with Crippen LogP contribution in [0, 0.1) is 0 Å². The van der Waals surface area contributed by atoms with E-state index in [1.807, 2.05) is 30.3 Å². The quantitative estimate of drug-likeness (QED) is 0.673. The molecule has 0 bridgehead atoms. The van der Waals surface area contributed by atoms with Gasteiger partial charge < -0.3 is 4.42 Å². The van der Waals surface area contributed by atoms with E-state index in [1.54, 1.807) is 37.5 Å². The lowest BCUT2D eigenvalue weighted by Crippen LogP contribution is -2.18. The first kappa shape index (κ1) is 12.8. The van der Waals surface area contributed by atoms with Crippen LogP contribution in [0.25, 0.3) is 6.08 Å². The number of amides is 1. The number of allylic oxidation sites excluding steroid dienone is 1. The molecule has 0 atom stereocenters. The summed E-state index contributed by atoms with van der Waals surface area (Å²) in [6.45, 7) is 1.80. The third-order valence-corrected chi connectivity index (χ3v) is 2.40. The van der Waals surface area contributed by atoms with E-state index in [1.165, 1.54) is 0 Å². The van der Waals surface area contributed by atoms with Crippen molar-refractivity contribution in [1.82, 2.24) is 5.43 Å². The number of benzene rings is 1. The summed E-state index contributed by atoms with van der Waals surface area (Å²) in [4.78, 5) is 11.7. The van der Waals surface area contributed by atoms with Gasteiger partial charge in [-0.1, -0.05) is 18.2 Å². The van der Waals surface area contributed by atoms with E-state index in [9.17, 15) is 4.79 Å². The predicted octanol–water partition coefficient (Wildman–Crippen LogP) is 3.10. The van der Waals surface area contributed by atoms with Crippen LogP contribution in [-0.4, -0.2) is 11.6 Å². The second-order valence-corrected chi connectivity index (χ2v) is 3.91. The van der Waals surface area contributed by atoms with Crippen molar-refractivity contribution in [3.05, 3.63) is 66.1 Å². The molecular weight excluding hydrogens is 240 g/mol. The van der Waals surface area contributed by atoms with Gasteiger partial charge in [0.25, 0.3) is 5.91 Å². The Balaban J connectivity index is 1.93. The number of carbonyl (C=O) groups excluding carboxylic acids is 1. The van der Waals surface area contributed by atoms with E-state index < -0.39 is 0 Å². The van der Waals surface area contributed by atoms with Gasteiger partial charge in [-0.15, -0.1) is 0 Å². The zero-order valence-electron chi connectivity index (χ0n) is 10.5. The molecular formula is C15H14N2O2. The third kappa shape index (κ3) is 3.96. The number of carbonyl (C=O) groups is 1. The highest BCUT2D eigenvalue weighted by molar-refractivity contribution is 5.99. The fourth-order valence-corrected chi connectivity index (χ4v) is 1.42. The smallest absolute Gasteiger partial charge is 0.271 e. The lowest BCUT2D eigenvalue weighted by atomic mass is 10.2. The molecule has 0 aliphatic carbocycles. The van der Waals surface area contributed by atoms with Crippen molar-refractivity contribution in [3.8, 4) is 0 Å². The van der Waals surface area contributed by atoms with Gasteiger partial charge in [-0.05, 0) is 43.3 Å². The van der Waals surface area contributed by atoms with Gasteiger partial charge in [0.05, 0.1) is 12.0 Å². The van der Waals surface area contributed by atoms with Crippen molar-refractivity contribution < 1.29 is 9.21 Å². The van der Waals surface area contributed by atoms with Crippen molar-refractivity contribution in [2.75, 3.05) is 0 Å². The van der Waals surface area contributed by atoms with Gasteiger partial charge in [0.2, 0.25) is 0 Å². The lowest BCUT2D eigenvalue weighted by Gasteiger charge is -1.99. The molecule has 1 aromatic carbocycles. The van der Waals surface area contributed by atoms with Gasteiger partial charge >= 0.3 is 0 Å². The number of hydrogen-bond donors (Lipinski definition) is 1. The van der Waals surface area contributed by atoms with Crippen molar-refractivity contribution in [2.24, 2.45) is 5.10 Å². The zero-order chi connectivity index (χ0) is 13.5. The summed E-state index contributed by atoms with van der Waals surface area (Å²) in [6.07, 6.45) is 5.15. The van der Waals surface area contributed by atoms with Crippen molar-refractivity contribution in [1.29, 1.82) is 0 Å². The monoisotopic (exact) mass is 254 g/mol. The Kier molecular flexibility index (Phi) is 4.29. The van der Waals surface area contributed by atoms with Crippen LogP contribution in [-0.2, 0) is 0 Å². The fraction of sp³-hybridized carbons (Fsp3) is 0.0667. The molecule has 1 amide bonds. The standard InChI is InChI=1S/C15H14N2O2/c1-12(9-10-14-8-5-11-19-14)16-17-15(18)13-6-3-2-4-7-13/h2-11H,1H3,(H,17,18). The van der Waals surface area contributed by atoms with E-state index in [0.717, 1.165) is 5.76 Å². The molecule has 1 aromatic heterocycles. The van der Waals surface area contributed by atoms with E-state index in [2.05, 4.69) is 10.5 Å². The zero-order valence-corrected chi connectivity index (χ0v) is 10.5. The second-order valence-electron chi connectivity index (χ2n) is 3.91. The number of rotatable bonds is 4. The van der Waals surface area contributed by atoms with Gasteiger partial charge in [0.15, 0.2) is 0 Å². The summed E-state index contributed by atoms with van der Waals surface area (Å²) in [7, 11) is 0. The average molecular weight is 254 g/mol. The molecule has 0 saturated carbocycles. The summed E-state index contributed by atoms with van der Waals surface area (Å²) in [5, 5.41) is 3.99. The molecule has 0 fully saturated rings. The number of hydrazone groups is 1. The van der Waals surface area contributed by atoms with E-state index in [4.69, 9.17) is 4.42 Å². The van der Waals surface area contributed by atoms with Crippen LogP contribution in [0.1, 0.15) is 23.0 Å². The highest BCUT2D eigenvalue weighted by Gasteiger charge is 2.01. The van der Waals surface area contributed by atoms with Gasteiger partial charge in [-0.2, -0.15) is 5.10 Å². The van der Waals surface area contributed by atoms with E-state index in [-0.39, 0.29) is 5.91 Å². The number of nitrogens with one attached hydrogen (secondary N) is 1. The molecule has 0 radical (unpaired) electrons. The van der Waals surface area contributed by atoms with Crippen LogP contribution in [0.2, 0.25) is 0 Å². The maximum atomic E-state index is 11.7. The van der Waals surface area contributed by atoms with Crippen molar-refractivity contribution >= 4 is 17.7 Å². The molecule has 96 valence electrons. The molecule has 1 heterocycles. The van der Waals surface area contributed by atoms with Gasteiger partial charge in [0.1, 0.15) is 5.76 Å². The van der Waals surface area contributed by atoms with Crippen LogP contribution < -0.4 is 5.43 Å². The minimum atomic E-state index is -0.230. The highest BCUT2D eigenvalue weighted by Crippen LogP contribution is 2.02. The van der Waals surface area contributed by atoms with Crippen LogP contribution in [0.4, 0.5) is 0 Å². The average Bonchev–Trinajstić information content (AvgIpc) is 2.96. The number of furan rings is 1. The molecule has 1 N–H and O–H groups in total. The molecule has 2 aromatic rings. The molecule has 2 rings (SSSR count). The Labute approximate surface area is 111 Å². The van der Waals surface area contributed by atoms with Crippen molar-refractivity contribution in [3.63, 3.8) is 0 Å². The third-order valence-electron chi connectivity index (χ3n) is 2.40. The fourth-order valence-electron chi connectivity index (χ4n) is 1.42. The highest BCUT2D eigenvalue weighted by atomic mass is 16.3. The summed E-state index contributed by atoms with van der Waals surface area (Å²) in [5.74, 6) is 0.510. The Morgan fingerprint density at radius 2 is 2.00 bits per heavy atom. The van der Waals surface area contributed by atoms with Gasteiger partial charge in [-0.3, -0.25) is 4.79 Å². The minimum absolute atomic E-state index is 0.230. The normalized spacial score (nSPS) is 11.7. The first-order chi connectivity index (χ1) is 9.25. The molecule has 4 nitrogen and oxygen atoms in total. The summed E-state index contributed by atoms with van der Waals surface area (Å²) < 4.78 is 5.15. The molecule has 4 heteroatoms. The Morgan fingerprint density at radius 1 is 1.21 bits per heavy atom. The van der Waals surface area contributed by atoms with E-state index >= 15 is 0 Å². The summed E-state index contributed by atoms with van der Waals surface area (Å²) in [6, 6.07) is 12.6. The van der Waals surface area contributed by atoms with Crippen LogP contribution in [0.3, 0.4) is 0 Å². The number of nitrogens with zero attached hydrogens (tertiary/aromatic N) is 1. The molecule has 0 aliphatic rings. The van der Waals surface area contributed by atoms with Crippen LogP contribution >= 0.6 is 0 Å². The first-order valence-corrected chi connectivity index (χ1v) is 5.87. The number of hydrogen-bond acceptors (Lipinski definition) is 3. The largest absolute Gasteiger partial charge is 0.465 e. The topological polar surface area (TPSA) is 54.6 Å². The lowest BCUT2D eigenvalue weighted by molar-refractivity contribution is 0.0955. The summed E-state index contributed by atoms with van der Waals surface area (Å²) in [5.41, 5.74) is 3.75. The van der Waals surface area contributed by atoms with Crippen molar-refractivity contribution in [2.45, 2.75) is 6.92 Å². The maximum absolute atomic E-state index is 11.7. The molecule has 0 spiro atoms. The summed E-state index contributed by atoms with van der Waals surface area (Å²) >= 11 is 0. The molecule has 0 saturated heterocycles. The minimum Gasteiger partial charge on any atom is -0.465 e. The Bertz CT molecular complexity index is 584. The maximum Gasteiger partial charge on any atom is 0.271 e. The molecule has 19 heavy (non-hydrogen) atoms.